The van der Waals surface area contributed by atoms with Gasteiger partial charge in [-0.1, -0.05) is 12.1 Å². The zero-order chi connectivity index (χ0) is 16.7. The Morgan fingerprint density at radius 1 is 1.27 bits per heavy atom. The first-order chi connectivity index (χ1) is 10.2. The van der Waals surface area contributed by atoms with Crippen LogP contribution in [0.3, 0.4) is 0 Å². The van der Waals surface area contributed by atoms with Crippen LogP contribution >= 0.6 is 0 Å². The van der Waals surface area contributed by atoms with Crippen molar-refractivity contribution in [1.29, 1.82) is 0 Å². The highest BCUT2D eigenvalue weighted by Crippen LogP contribution is 2.41. The lowest BCUT2D eigenvalue weighted by Gasteiger charge is -2.41. The van der Waals surface area contributed by atoms with Crippen molar-refractivity contribution in [1.82, 2.24) is 0 Å². The van der Waals surface area contributed by atoms with Crippen LogP contribution in [0.4, 0.5) is 5.69 Å². The predicted octanol–water partition coefficient (Wildman–Crippen LogP) is 1.74. The standard InChI is InChI=1S/C16H17NO5/c1-9(18)10-6-5-7-11-12(14(19)20)8-16(2,15(21)22-4)17(3)13(10)11/h5-8H,1-4H3,(H,19,20). The summed E-state index contributed by atoms with van der Waals surface area (Å²) in [5.41, 5.74) is -0.140. The SMILES string of the molecule is COC(=O)C1(C)C=C(C(=O)O)c2cccc(C(C)=O)c2N1C. The number of likely N-dealkylation sites (N-methyl/N-ethyl adjacent to an activating group) is 1. The lowest BCUT2D eigenvalue weighted by molar-refractivity contribution is -0.144. The van der Waals surface area contributed by atoms with Crippen LogP contribution in [0.15, 0.2) is 24.3 Å². The third kappa shape index (κ3) is 2.16. The minimum absolute atomic E-state index is 0.0240. The van der Waals surface area contributed by atoms with E-state index in [2.05, 4.69) is 0 Å². The van der Waals surface area contributed by atoms with Gasteiger partial charge in [0.15, 0.2) is 11.3 Å². The number of Topliss-reactive ketones (excluding diaryl/α,β-unsaturated/α-hetero) is 1. The van der Waals surface area contributed by atoms with Crippen molar-refractivity contribution >= 4 is 29.0 Å². The molecule has 0 saturated heterocycles. The maximum atomic E-state index is 12.2. The van der Waals surface area contributed by atoms with Crippen molar-refractivity contribution in [2.24, 2.45) is 0 Å². The second-order valence-corrected chi connectivity index (χ2v) is 5.32. The van der Waals surface area contributed by atoms with E-state index in [1.165, 1.54) is 20.1 Å². The highest BCUT2D eigenvalue weighted by molar-refractivity contribution is 6.21. The summed E-state index contributed by atoms with van der Waals surface area (Å²) in [6.45, 7) is 2.96. The molecular weight excluding hydrogens is 286 g/mol. The Morgan fingerprint density at radius 2 is 1.91 bits per heavy atom. The summed E-state index contributed by atoms with van der Waals surface area (Å²) < 4.78 is 4.80. The number of fused-ring (bicyclic) bond motifs is 1. The molecule has 0 bridgehead atoms. The van der Waals surface area contributed by atoms with E-state index in [0.717, 1.165) is 0 Å². The molecule has 1 unspecified atom stereocenters. The van der Waals surface area contributed by atoms with E-state index in [4.69, 9.17) is 4.74 Å². The first kappa shape index (κ1) is 15.8. The summed E-state index contributed by atoms with van der Waals surface area (Å²) in [6, 6.07) is 4.86. The number of carboxylic acid groups (broad SMARTS) is 1. The number of aliphatic carboxylic acids is 1. The highest BCUT2D eigenvalue weighted by Gasteiger charge is 2.43. The van der Waals surface area contributed by atoms with Crippen LogP contribution in [-0.2, 0) is 14.3 Å². The Hall–Kier alpha value is -2.63. The molecule has 6 nitrogen and oxygen atoms in total. The summed E-state index contributed by atoms with van der Waals surface area (Å²) in [7, 11) is 2.87. The molecule has 1 aromatic rings. The molecule has 1 atom stereocenters. The molecule has 1 heterocycles. The fraction of sp³-hybridized carbons (Fsp3) is 0.312. The quantitative estimate of drug-likeness (QED) is 0.676. The smallest absolute Gasteiger partial charge is 0.336 e. The van der Waals surface area contributed by atoms with Gasteiger partial charge < -0.3 is 14.7 Å². The number of nitrogens with zero attached hydrogens (tertiary/aromatic N) is 1. The maximum absolute atomic E-state index is 12.2. The van der Waals surface area contributed by atoms with Gasteiger partial charge in [-0.25, -0.2) is 9.59 Å². The number of carbonyl (C=O) groups excluding carboxylic acids is 2. The number of methoxy groups -OCH3 is 1. The van der Waals surface area contributed by atoms with Crippen LogP contribution in [0.1, 0.15) is 29.8 Å². The number of ether oxygens (including phenoxy) is 1. The van der Waals surface area contributed by atoms with E-state index in [0.29, 0.717) is 16.8 Å². The van der Waals surface area contributed by atoms with Crippen molar-refractivity contribution in [2.75, 3.05) is 19.1 Å². The van der Waals surface area contributed by atoms with Crippen molar-refractivity contribution < 1.29 is 24.2 Å². The second-order valence-electron chi connectivity index (χ2n) is 5.32. The van der Waals surface area contributed by atoms with Gasteiger partial charge in [0, 0.05) is 18.2 Å². The molecular formula is C16H17NO5. The number of carbonyl (C=O) groups is 3. The van der Waals surface area contributed by atoms with Crippen LogP contribution < -0.4 is 4.90 Å². The number of para-hydroxylation sites is 1. The van der Waals surface area contributed by atoms with Crippen LogP contribution in [0, 0.1) is 0 Å². The Kier molecular flexibility index (Phi) is 3.79. The fourth-order valence-electron chi connectivity index (χ4n) is 2.67. The van der Waals surface area contributed by atoms with Crippen molar-refractivity contribution in [3.63, 3.8) is 0 Å². The summed E-state index contributed by atoms with van der Waals surface area (Å²) >= 11 is 0. The Labute approximate surface area is 128 Å². The Morgan fingerprint density at radius 3 is 2.41 bits per heavy atom. The lowest BCUT2D eigenvalue weighted by atomic mass is 9.85. The number of benzene rings is 1. The number of anilines is 1. The molecule has 116 valence electrons. The molecule has 0 amide bonds. The third-order valence-electron chi connectivity index (χ3n) is 3.99. The van der Waals surface area contributed by atoms with Gasteiger partial charge in [-0.05, 0) is 26.0 Å². The van der Waals surface area contributed by atoms with E-state index >= 15 is 0 Å². The van der Waals surface area contributed by atoms with E-state index in [-0.39, 0.29) is 11.4 Å². The van der Waals surface area contributed by atoms with Crippen molar-refractivity contribution in [3.05, 3.63) is 35.4 Å². The first-order valence-electron chi connectivity index (χ1n) is 6.66. The lowest BCUT2D eigenvalue weighted by Crippen LogP contribution is -2.52. The number of esters is 1. The maximum Gasteiger partial charge on any atom is 0.336 e. The molecule has 1 N–H and O–H groups in total. The average molecular weight is 303 g/mol. The fourth-order valence-corrected chi connectivity index (χ4v) is 2.67. The Balaban J connectivity index is 2.82. The average Bonchev–Trinajstić information content (AvgIpc) is 2.48. The molecule has 22 heavy (non-hydrogen) atoms. The molecule has 0 spiro atoms. The number of hydrogen-bond donors (Lipinski definition) is 1. The van der Waals surface area contributed by atoms with Crippen LogP contribution in [-0.4, -0.2) is 42.5 Å². The van der Waals surface area contributed by atoms with Crippen LogP contribution in [0.5, 0.6) is 0 Å². The highest BCUT2D eigenvalue weighted by atomic mass is 16.5. The van der Waals surface area contributed by atoms with E-state index in [1.807, 2.05) is 0 Å². The molecule has 0 saturated carbocycles. The van der Waals surface area contributed by atoms with Crippen molar-refractivity contribution in [3.8, 4) is 0 Å². The summed E-state index contributed by atoms with van der Waals surface area (Å²) in [5.74, 6) is -1.97. The predicted molar refractivity (Wildman–Crippen MR) is 80.9 cm³/mol. The van der Waals surface area contributed by atoms with Gasteiger partial charge in [-0.2, -0.15) is 0 Å². The molecule has 1 aliphatic rings. The molecule has 0 fully saturated rings. The van der Waals surface area contributed by atoms with Gasteiger partial charge in [0.1, 0.15) is 0 Å². The summed E-state index contributed by atoms with van der Waals surface area (Å²) in [6.07, 6.45) is 1.35. The Bertz CT molecular complexity index is 706. The summed E-state index contributed by atoms with van der Waals surface area (Å²) in [5, 5.41) is 9.46. The zero-order valence-electron chi connectivity index (χ0n) is 12.8. The topological polar surface area (TPSA) is 83.9 Å². The number of hydrogen-bond acceptors (Lipinski definition) is 5. The number of ketones is 1. The molecule has 2 rings (SSSR count). The molecule has 0 aromatic heterocycles. The van der Waals surface area contributed by atoms with Gasteiger partial charge >= 0.3 is 11.9 Å². The third-order valence-corrected chi connectivity index (χ3v) is 3.99. The van der Waals surface area contributed by atoms with Crippen molar-refractivity contribution in [2.45, 2.75) is 19.4 Å². The van der Waals surface area contributed by atoms with Crippen LogP contribution in [0.2, 0.25) is 0 Å². The molecule has 1 aromatic carbocycles. The minimum atomic E-state index is -1.30. The zero-order valence-corrected chi connectivity index (χ0v) is 12.8. The summed E-state index contributed by atoms with van der Waals surface area (Å²) in [4.78, 5) is 37.2. The van der Waals surface area contributed by atoms with Gasteiger partial charge in [-0.15, -0.1) is 0 Å². The van der Waals surface area contributed by atoms with Gasteiger partial charge in [0.2, 0.25) is 0 Å². The largest absolute Gasteiger partial charge is 0.478 e. The minimum Gasteiger partial charge on any atom is -0.478 e. The normalized spacial score (nSPS) is 20.0. The molecule has 0 radical (unpaired) electrons. The molecule has 6 heteroatoms. The van der Waals surface area contributed by atoms with Crippen LogP contribution in [0.25, 0.3) is 5.57 Å². The van der Waals surface area contributed by atoms with Gasteiger partial charge in [0.25, 0.3) is 0 Å². The van der Waals surface area contributed by atoms with E-state index in [9.17, 15) is 19.5 Å². The first-order valence-corrected chi connectivity index (χ1v) is 6.66. The van der Waals surface area contributed by atoms with Gasteiger partial charge in [-0.3, -0.25) is 4.79 Å². The molecule has 0 aliphatic carbocycles. The van der Waals surface area contributed by atoms with E-state index < -0.39 is 17.5 Å². The molecule has 1 aliphatic heterocycles. The van der Waals surface area contributed by atoms with Gasteiger partial charge in [0.05, 0.1) is 18.4 Å². The second kappa shape index (κ2) is 5.29. The number of carboxylic acids is 1. The monoisotopic (exact) mass is 303 g/mol. The number of rotatable bonds is 3. The van der Waals surface area contributed by atoms with E-state index in [1.54, 1.807) is 37.1 Å².